The average molecular weight is 163 g/mol. The van der Waals surface area contributed by atoms with E-state index in [-0.39, 0.29) is 0 Å². The summed E-state index contributed by atoms with van der Waals surface area (Å²) in [6, 6.07) is 0. The van der Waals surface area contributed by atoms with Gasteiger partial charge in [-0.1, -0.05) is 13.3 Å². The van der Waals surface area contributed by atoms with Crippen LogP contribution in [-0.2, 0) is 4.74 Å². The minimum absolute atomic E-state index is 0.782. The van der Waals surface area contributed by atoms with Crippen molar-refractivity contribution in [1.82, 2.24) is 0 Å². The van der Waals surface area contributed by atoms with E-state index < -0.39 is 5.43 Å². The van der Waals surface area contributed by atoms with Crippen molar-refractivity contribution in [2.75, 3.05) is 0 Å². The standard InChI is InChI=1S/C7H11ClO2/c1-3-4-6(2)5-10-7(8)9/h5H,3-4H2,1-2H3/b6-5+. The molecule has 0 aliphatic carbocycles. The zero-order chi connectivity index (χ0) is 7.98. The molecule has 0 aromatic rings. The number of carbonyl (C=O) groups excluding carboxylic acids is 1. The third-order valence-corrected chi connectivity index (χ3v) is 1.09. The van der Waals surface area contributed by atoms with Crippen molar-refractivity contribution in [1.29, 1.82) is 0 Å². The quantitative estimate of drug-likeness (QED) is 0.471. The van der Waals surface area contributed by atoms with E-state index in [9.17, 15) is 4.79 Å². The van der Waals surface area contributed by atoms with Crippen LogP contribution in [0.4, 0.5) is 4.79 Å². The van der Waals surface area contributed by atoms with Gasteiger partial charge < -0.3 is 4.74 Å². The smallest absolute Gasteiger partial charge is 0.408 e. The summed E-state index contributed by atoms with van der Waals surface area (Å²) < 4.78 is 4.42. The SMILES string of the molecule is CCC/C(C)=C/OC(=O)Cl. The van der Waals surface area contributed by atoms with Gasteiger partial charge >= 0.3 is 5.43 Å². The van der Waals surface area contributed by atoms with Gasteiger partial charge in [-0.25, -0.2) is 4.79 Å². The van der Waals surface area contributed by atoms with E-state index in [0.29, 0.717) is 0 Å². The predicted octanol–water partition coefficient (Wildman–Crippen LogP) is 3.07. The summed E-state index contributed by atoms with van der Waals surface area (Å²) in [4.78, 5) is 10.1. The van der Waals surface area contributed by atoms with Crippen molar-refractivity contribution in [3.05, 3.63) is 11.8 Å². The first-order chi connectivity index (χ1) is 4.66. The molecule has 0 aromatic carbocycles. The first-order valence-electron chi connectivity index (χ1n) is 3.18. The first-order valence-corrected chi connectivity index (χ1v) is 3.56. The highest BCUT2D eigenvalue weighted by atomic mass is 35.5. The molecule has 3 heteroatoms. The lowest BCUT2D eigenvalue weighted by atomic mass is 10.2. The van der Waals surface area contributed by atoms with E-state index in [4.69, 9.17) is 11.6 Å². The Labute approximate surface area is 65.8 Å². The predicted molar refractivity (Wildman–Crippen MR) is 41.0 cm³/mol. The second-order valence-corrected chi connectivity index (χ2v) is 2.38. The summed E-state index contributed by atoms with van der Waals surface area (Å²) in [5, 5.41) is 0. The summed E-state index contributed by atoms with van der Waals surface area (Å²) in [6.45, 7) is 3.95. The molecule has 0 saturated carbocycles. The molecule has 0 unspecified atom stereocenters. The molecule has 10 heavy (non-hydrogen) atoms. The summed E-state index contributed by atoms with van der Waals surface area (Å²) in [7, 11) is 0. The molecule has 0 spiro atoms. The van der Waals surface area contributed by atoms with Gasteiger partial charge in [-0.2, -0.15) is 0 Å². The molecule has 0 fully saturated rings. The molecule has 0 aliphatic heterocycles. The first kappa shape index (κ1) is 9.50. The number of ether oxygens (including phenoxy) is 1. The van der Waals surface area contributed by atoms with Gasteiger partial charge in [0.1, 0.15) is 0 Å². The fourth-order valence-electron chi connectivity index (χ4n) is 0.600. The lowest BCUT2D eigenvalue weighted by Gasteiger charge is -1.95. The van der Waals surface area contributed by atoms with Crippen LogP contribution in [-0.4, -0.2) is 5.43 Å². The largest absolute Gasteiger partial charge is 0.423 e. The molecule has 0 atom stereocenters. The summed E-state index contributed by atoms with van der Waals surface area (Å²) in [6.07, 6.45) is 3.37. The van der Waals surface area contributed by atoms with Crippen LogP contribution in [0.1, 0.15) is 26.7 Å². The van der Waals surface area contributed by atoms with E-state index in [1.54, 1.807) is 0 Å². The highest BCUT2D eigenvalue weighted by Crippen LogP contribution is 2.03. The van der Waals surface area contributed by atoms with Crippen LogP contribution in [0.25, 0.3) is 0 Å². The van der Waals surface area contributed by atoms with E-state index in [2.05, 4.69) is 11.7 Å². The second-order valence-electron chi connectivity index (χ2n) is 2.07. The number of carbonyl (C=O) groups is 1. The molecule has 0 saturated heterocycles. The Morgan fingerprint density at radius 3 is 2.70 bits per heavy atom. The Hall–Kier alpha value is -0.500. The van der Waals surface area contributed by atoms with Crippen molar-refractivity contribution in [3.8, 4) is 0 Å². The van der Waals surface area contributed by atoms with Crippen molar-refractivity contribution < 1.29 is 9.53 Å². The summed E-state index contributed by atoms with van der Waals surface area (Å²) >= 11 is 4.92. The Morgan fingerprint density at radius 1 is 1.70 bits per heavy atom. The number of hydrogen-bond acceptors (Lipinski definition) is 2. The maximum absolute atomic E-state index is 10.1. The Bertz CT molecular complexity index is 141. The van der Waals surface area contributed by atoms with Crippen molar-refractivity contribution in [2.24, 2.45) is 0 Å². The molecule has 2 nitrogen and oxygen atoms in total. The molecule has 0 bridgehead atoms. The Kier molecular flexibility index (Phi) is 5.03. The van der Waals surface area contributed by atoms with Crippen LogP contribution in [0, 0.1) is 0 Å². The number of rotatable bonds is 3. The molecule has 58 valence electrons. The third kappa shape index (κ3) is 5.63. The zero-order valence-electron chi connectivity index (χ0n) is 6.19. The molecule has 0 N–H and O–H groups in total. The molecule has 0 radical (unpaired) electrons. The number of hydrogen-bond donors (Lipinski definition) is 0. The minimum Gasteiger partial charge on any atom is -0.423 e. The van der Waals surface area contributed by atoms with E-state index in [1.807, 2.05) is 6.92 Å². The number of allylic oxidation sites excluding steroid dienone is 1. The number of halogens is 1. The van der Waals surface area contributed by atoms with Crippen LogP contribution in [0.3, 0.4) is 0 Å². The van der Waals surface area contributed by atoms with Gasteiger partial charge in [0.05, 0.1) is 6.26 Å². The van der Waals surface area contributed by atoms with Crippen molar-refractivity contribution in [3.63, 3.8) is 0 Å². The van der Waals surface area contributed by atoms with Gasteiger partial charge in [0.15, 0.2) is 0 Å². The van der Waals surface area contributed by atoms with Crippen LogP contribution in [0.5, 0.6) is 0 Å². The van der Waals surface area contributed by atoms with Gasteiger partial charge in [0, 0.05) is 11.6 Å². The minimum atomic E-state index is -0.782. The lowest BCUT2D eigenvalue weighted by molar-refractivity contribution is 0.211. The van der Waals surface area contributed by atoms with E-state index in [0.717, 1.165) is 18.4 Å². The fourth-order valence-corrected chi connectivity index (χ4v) is 0.645. The Morgan fingerprint density at radius 2 is 2.30 bits per heavy atom. The van der Waals surface area contributed by atoms with E-state index in [1.165, 1.54) is 6.26 Å². The molecule has 0 aromatic heterocycles. The molecule has 0 rings (SSSR count). The highest BCUT2D eigenvalue weighted by molar-refractivity contribution is 6.61. The monoisotopic (exact) mass is 162 g/mol. The van der Waals surface area contributed by atoms with Gasteiger partial charge in [-0.05, 0) is 18.9 Å². The second kappa shape index (κ2) is 5.30. The third-order valence-electron chi connectivity index (χ3n) is 0.997. The summed E-state index contributed by atoms with van der Waals surface area (Å²) in [5.74, 6) is 0. The molecule has 0 heterocycles. The maximum atomic E-state index is 10.1. The molecular weight excluding hydrogens is 152 g/mol. The zero-order valence-corrected chi connectivity index (χ0v) is 6.94. The fraction of sp³-hybridized carbons (Fsp3) is 0.571. The van der Waals surface area contributed by atoms with Crippen LogP contribution in [0.15, 0.2) is 11.8 Å². The van der Waals surface area contributed by atoms with Gasteiger partial charge in [0.2, 0.25) is 0 Å². The highest BCUT2D eigenvalue weighted by Gasteiger charge is 1.91. The lowest BCUT2D eigenvalue weighted by Crippen LogP contribution is -1.85. The van der Waals surface area contributed by atoms with Crippen molar-refractivity contribution in [2.45, 2.75) is 26.7 Å². The van der Waals surface area contributed by atoms with Gasteiger partial charge in [0.25, 0.3) is 0 Å². The molecule has 0 aliphatic rings. The van der Waals surface area contributed by atoms with Crippen LogP contribution in [0.2, 0.25) is 0 Å². The van der Waals surface area contributed by atoms with Gasteiger partial charge in [-0.3, -0.25) is 0 Å². The molecule has 0 amide bonds. The van der Waals surface area contributed by atoms with Gasteiger partial charge in [-0.15, -0.1) is 0 Å². The van der Waals surface area contributed by atoms with Crippen LogP contribution < -0.4 is 0 Å². The topological polar surface area (TPSA) is 26.3 Å². The summed E-state index contributed by atoms with van der Waals surface area (Å²) in [5.41, 5.74) is 0.243. The van der Waals surface area contributed by atoms with E-state index >= 15 is 0 Å². The Balaban J connectivity index is 3.57. The maximum Gasteiger partial charge on any atom is 0.408 e. The average Bonchev–Trinajstić information content (AvgIpc) is 1.85. The van der Waals surface area contributed by atoms with Crippen LogP contribution >= 0.6 is 11.6 Å². The van der Waals surface area contributed by atoms with Crippen molar-refractivity contribution >= 4 is 17.0 Å². The normalized spacial score (nSPS) is 11.3. The molecular formula is C7H11ClO2.